The smallest absolute Gasteiger partial charge is 0.339 e. The van der Waals surface area contributed by atoms with Crippen molar-refractivity contribution in [3.63, 3.8) is 0 Å². The predicted molar refractivity (Wildman–Crippen MR) is 108 cm³/mol. The molecule has 0 saturated carbocycles. The highest BCUT2D eigenvalue weighted by atomic mass is 19.1. The van der Waals surface area contributed by atoms with Gasteiger partial charge in [-0.2, -0.15) is 0 Å². The first-order valence-corrected chi connectivity index (χ1v) is 9.64. The fourth-order valence-corrected chi connectivity index (χ4v) is 3.73. The van der Waals surface area contributed by atoms with Crippen LogP contribution in [-0.4, -0.2) is 23.5 Å². The number of para-hydroxylation sites is 1. The second kappa shape index (κ2) is 7.99. The maximum atomic E-state index is 13.0. The number of nitrogens with one attached hydrogen (secondary N) is 1. The SMILES string of the molecule is CC1CCc2nc3ccccc3c(C(=O)OCC(=O)Nc3ccc(F)cc3)c2C1. The number of hydrogen-bond acceptors (Lipinski definition) is 4. The van der Waals surface area contributed by atoms with Crippen LogP contribution in [0.15, 0.2) is 48.5 Å². The van der Waals surface area contributed by atoms with Gasteiger partial charge in [0, 0.05) is 16.8 Å². The number of aromatic nitrogens is 1. The molecule has 0 fully saturated rings. The van der Waals surface area contributed by atoms with Gasteiger partial charge in [-0.1, -0.05) is 25.1 Å². The van der Waals surface area contributed by atoms with Gasteiger partial charge in [0.1, 0.15) is 5.82 Å². The number of hydrogen-bond donors (Lipinski definition) is 1. The molecule has 1 atom stereocenters. The molecule has 0 aliphatic heterocycles. The average Bonchev–Trinajstić information content (AvgIpc) is 2.72. The molecule has 1 aromatic heterocycles. The number of halogens is 1. The first-order chi connectivity index (χ1) is 14.0. The van der Waals surface area contributed by atoms with Gasteiger partial charge in [0.2, 0.25) is 0 Å². The molecule has 1 aliphatic carbocycles. The van der Waals surface area contributed by atoms with Gasteiger partial charge in [0.05, 0.1) is 11.1 Å². The van der Waals surface area contributed by atoms with Gasteiger partial charge >= 0.3 is 5.97 Å². The van der Waals surface area contributed by atoms with Crippen molar-refractivity contribution in [2.75, 3.05) is 11.9 Å². The van der Waals surface area contributed by atoms with E-state index in [9.17, 15) is 14.0 Å². The highest BCUT2D eigenvalue weighted by molar-refractivity contribution is 6.06. The number of benzene rings is 2. The fourth-order valence-electron chi connectivity index (χ4n) is 3.73. The average molecular weight is 392 g/mol. The third-order valence-electron chi connectivity index (χ3n) is 5.17. The molecule has 148 valence electrons. The third-order valence-corrected chi connectivity index (χ3v) is 5.17. The Morgan fingerprint density at radius 2 is 1.93 bits per heavy atom. The number of esters is 1. The topological polar surface area (TPSA) is 68.3 Å². The van der Waals surface area contributed by atoms with E-state index in [2.05, 4.69) is 12.2 Å². The van der Waals surface area contributed by atoms with Gasteiger partial charge in [-0.25, -0.2) is 9.18 Å². The summed E-state index contributed by atoms with van der Waals surface area (Å²) in [5.41, 5.74) is 3.55. The number of pyridine rings is 1. The molecule has 29 heavy (non-hydrogen) atoms. The van der Waals surface area contributed by atoms with E-state index in [1.54, 1.807) is 0 Å². The summed E-state index contributed by atoms with van der Waals surface area (Å²) in [7, 11) is 0. The van der Waals surface area contributed by atoms with Gasteiger partial charge in [0.25, 0.3) is 5.91 Å². The lowest BCUT2D eigenvalue weighted by molar-refractivity contribution is -0.119. The Morgan fingerprint density at radius 1 is 1.17 bits per heavy atom. The van der Waals surface area contributed by atoms with Crippen molar-refractivity contribution in [2.24, 2.45) is 5.92 Å². The molecule has 2 aromatic carbocycles. The molecule has 1 N–H and O–H groups in total. The quantitative estimate of drug-likeness (QED) is 0.673. The monoisotopic (exact) mass is 392 g/mol. The van der Waals surface area contributed by atoms with E-state index in [1.807, 2.05) is 24.3 Å². The van der Waals surface area contributed by atoms with E-state index in [0.717, 1.165) is 41.4 Å². The van der Waals surface area contributed by atoms with Crippen molar-refractivity contribution in [3.8, 4) is 0 Å². The number of fused-ring (bicyclic) bond motifs is 2. The molecule has 1 aliphatic rings. The molecular weight excluding hydrogens is 371 g/mol. The molecule has 0 bridgehead atoms. The minimum absolute atomic E-state index is 0.391. The van der Waals surface area contributed by atoms with Crippen LogP contribution in [0.5, 0.6) is 0 Å². The maximum Gasteiger partial charge on any atom is 0.339 e. The van der Waals surface area contributed by atoms with Gasteiger partial charge in [-0.05, 0) is 61.1 Å². The van der Waals surface area contributed by atoms with Crippen molar-refractivity contribution < 1.29 is 18.7 Å². The number of carbonyl (C=O) groups excluding carboxylic acids is 2. The lowest BCUT2D eigenvalue weighted by Gasteiger charge is -2.24. The number of rotatable bonds is 4. The summed E-state index contributed by atoms with van der Waals surface area (Å²) in [6.45, 7) is 1.74. The minimum atomic E-state index is -0.525. The molecule has 3 aromatic rings. The van der Waals surface area contributed by atoms with Gasteiger partial charge in [-0.3, -0.25) is 9.78 Å². The van der Waals surface area contributed by atoms with E-state index < -0.39 is 24.3 Å². The second-order valence-electron chi connectivity index (χ2n) is 7.41. The number of ether oxygens (including phenoxy) is 1. The number of nitrogens with zero attached hydrogens (tertiary/aromatic N) is 1. The first-order valence-electron chi connectivity index (χ1n) is 9.64. The van der Waals surface area contributed by atoms with Crippen molar-refractivity contribution in [3.05, 3.63) is 71.2 Å². The Labute approximate surface area is 167 Å². The van der Waals surface area contributed by atoms with Crippen LogP contribution in [0.25, 0.3) is 10.9 Å². The van der Waals surface area contributed by atoms with Crippen LogP contribution in [0.2, 0.25) is 0 Å². The Morgan fingerprint density at radius 3 is 2.72 bits per heavy atom. The largest absolute Gasteiger partial charge is 0.452 e. The third kappa shape index (κ3) is 4.11. The van der Waals surface area contributed by atoms with Crippen molar-refractivity contribution in [2.45, 2.75) is 26.2 Å². The fraction of sp³-hybridized carbons (Fsp3) is 0.261. The molecular formula is C23H21FN2O3. The Balaban J connectivity index is 1.55. The molecule has 1 unspecified atom stereocenters. The zero-order chi connectivity index (χ0) is 20.4. The van der Waals surface area contributed by atoms with E-state index >= 15 is 0 Å². The van der Waals surface area contributed by atoms with Crippen molar-refractivity contribution in [1.29, 1.82) is 0 Å². The Hall–Kier alpha value is -3.28. The molecule has 0 spiro atoms. The first kappa shape index (κ1) is 19.1. The van der Waals surface area contributed by atoms with E-state index in [4.69, 9.17) is 9.72 Å². The lowest BCUT2D eigenvalue weighted by atomic mass is 9.84. The molecule has 0 radical (unpaired) electrons. The van der Waals surface area contributed by atoms with Crippen LogP contribution in [-0.2, 0) is 22.4 Å². The van der Waals surface area contributed by atoms with E-state index in [-0.39, 0.29) is 0 Å². The summed E-state index contributed by atoms with van der Waals surface area (Å²) in [6, 6.07) is 12.9. The zero-order valence-electron chi connectivity index (χ0n) is 16.1. The predicted octanol–water partition coefficient (Wildman–Crippen LogP) is 4.29. The molecule has 6 heteroatoms. The number of amides is 1. The second-order valence-corrected chi connectivity index (χ2v) is 7.41. The van der Waals surface area contributed by atoms with Crippen molar-refractivity contribution in [1.82, 2.24) is 4.98 Å². The van der Waals surface area contributed by atoms with Crippen molar-refractivity contribution >= 4 is 28.5 Å². The highest BCUT2D eigenvalue weighted by Gasteiger charge is 2.26. The Bertz CT molecular complexity index is 1080. The summed E-state index contributed by atoms with van der Waals surface area (Å²) in [5, 5.41) is 3.33. The van der Waals surface area contributed by atoms with Crippen LogP contribution in [0.4, 0.5) is 10.1 Å². The molecule has 0 saturated heterocycles. The van der Waals surface area contributed by atoms with Gasteiger partial charge in [0.15, 0.2) is 6.61 Å². The normalized spacial score (nSPS) is 15.6. The number of carbonyl (C=O) groups is 2. The highest BCUT2D eigenvalue weighted by Crippen LogP contribution is 2.32. The summed E-state index contributed by atoms with van der Waals surface area (Å²) in [4.78, 5) is 29.8. The lowest BCUT2D eigenvalue weighted by Crippen LogP contribution is -2.23. The van der Waals surface area contributed by atoms with Crippen LogP contribution < -0.4 is 5.32 Å². The molecule has 1 amide bonds. The van der Waals surface area contributed by atoms with Gasteiger partial charge in [-0.15, -0.1) is 0 Å². The van der Waals surface area contributed by atoms with Crippen LogP contribution >= 0.6 is 0 Å². The summed E-state index contributed by atoms with van der Waals surface area (Å²) in [5.74, 6) is -0.939. The standard InChI is InChI=1S/C23H21FN2O3/c1-14-6-11-20-18(12-14)22(17-4-2-3-5-19(17)26-20)23(28)29-13-21(27)25-16-9-7-15(24)8-10-16/h2-5,7-10,14H,6,11-13H2,1H3,(H,25,27). The summed E-state index contributed by atoms with van der Waals surface area (Å²) in [6.07, 6.45) is 2.62. The molecule has 5 nitrogen and oxygen atoms in total. The maximum absolute atomic E-state index is 13.0. The zero-order valence-corrected chi connectivity index (χ0v) is 16.1. The van der Waals surface area contributed by atoms with E-state index in [0.29, 0.717) is 17.2 Å². The van der Waals surface area contributed by atoms with E-state index in [1.165, 1.54) is 24.3 Å². The molecule has 1 heterocycles. The van der Waals surface area contributed by atoms with Gasteiger partial charge < -0.3 is 10.1 Å². The van der Waals surface area contributed by atoms with Crippen LogP contribution in [0, 0.1) is 11.7 Å². The molecule has 4 rings (SSSR count). The number of anilines is 1. The number of aryl methyl sites for hydroxylation is 1. The summed E-state index contributed by atoms with van der Waals surface area (Å²) < 4.78 is 18.3. The van der Waals surface area contributed by atoms with Crippen LogP contribution in [0.3, 0.4) is 0 Å². The summed E-state index contributed by atoms with van der Waals surface area (Å²) >= 11 is 0. The minimum Gasteiger partial charge on any atom is -0.452 e. The van der Waals surface area contributed by atoms with Crippen LogP contribution in [0.1, 0.15) is 35.0 Å². The Kier molecular flexibility index (Phi) is 5.25.